The molecule has 1 aliphatic rings. The van der Waals surface area contributed by atoms with Crippen LogP contribution >= 0.6 is 15.9 Å². The van der Waals surface area contributed by atoms with E-state index in [9.17, 15) is 18.0 Å². The van der Waals surface area contributed by atoms with Gasteiger partial charge in [-0.3, -0.25) is 4.79 Å². The molecular weight excluding hydrogens is 315 g/mol. The number of likely N-dealkylation sites (tertiary alicyclic amines) is 1. The molecule has 1 aromatic rings. The Kier molecular flexibility index (Phi) is 3.70. The molecule has 18 heavy (non-hydrogen) atoms. The van der Waals surface area contributed by atoms with Crippen molar-refractivity contribution in [3.05, 3.63) is 22.6 Å². The normalized spacial score (nSPS) is 21.1. The summed E-state index contributed by atoms with van der Waals surface area (Å²) in [4.78, 5) is 13.3. The molecule has 0 saturated carbocycles. The third-order valence-corrected chi connectivity index (χ3v) is 3.63. The van der Waals surface area contributed by atoms with Gasteiger partial charge < -0.3 is 9.32 Å². The molecule has 0 bridgehead atoms. The minimum absolute atomic E-state index is 0.0832. The Balaban J connectivity index is 2.10. The molecule has 2 rings (SSSR count). The van der Waals surface area contributed by atoms with Gasteiger partial charge in [0.15, 0.2) is 4.67 Å². The number of hydrogen-bond donors (Lipinski definition) is 0. The van der Waals surface area contributed by atoms with Gasteiger partial charge in [-0.2, -0.15) is 13.2 Å². The van der Waals surface area contributed by atoms with Gasteiger partial charge in [0.25, 0.3) is 5.91 Å². The first-order chi connectivity index (χ1) is 8.39. The number of alkyl halides is 3. The van der Waals surface area contributed by atoms with Gasteiger partial charge in [0, 0.05) is 13.1 Å². The van der Waals surface area contributed by atoms with Crippen LogP contribution in [0, 0.1) is 5.92 Å². The standard InChI is InChI=1S/C11H11BrF3NO2/c12-9-8(3-5-18-9)10(17)16-4-1-2-7(6-16)11(13,14)15/h3,5,7H,1-2,4,6H2. The Labute approximate surface area is 110 Å². The molecule has 1 fully saturated rings. The summed E-state index contributed by atoms with van der Waals surface area (Å²) in [6.07, 6.45) is -2.47. The molecule has 1 atom stereocenters. The SMILES string of the molecule is O=C(c1ccoc1Br)N1CCCC(C(F)(F)F)C1. The zero-order valence-corrected chi connectivity index (χ0v) is 10.9. The monoisotopic (exact) mass is 325 g/mol. The maximum absolute atomic E-state index is 12.6. The molecule has 0 spiro atoms. The first kappa shape index (κ1) is 13.5. The summed E-state index contributed by atoms with van der Waals surface area (Å²) in [5, 5.41) is 0. The van der Waals surface area contributed by atoms with Crippen molar-refractivity contribution in [3.63, 3.8) is 0 Å². The zero-order valence-electron chi connectivity index (χ0n) is 9.34. The Bertz CT molecular complexity index is 444. The smallest absolute Gasteiger partial charge is 0.393 e. The fourth-order valence-electron chi connectivity index (χ4n) is 2.05. The predicted molar refractivity (Wildman–Crippen MR) is 61.1 cm³/mol. The summed E-state index contributed by atoms with van der Waals surface area (Å²) < 4.78 is 43.1. The van der Waals surface area contributed by atoms with Crippen LogP contribution in [0.25, 0.3) is 0 Å². The minimum atomic E-state index is -4.24. The van der Waals surface area contributed by atoms with Crippen molar-refractivity contribution < 1.29 is 22.4 Å². The Hall–Kier alpha value is -0.980. The quantitative estimate of drug-likeness (QED) is 0.792. The third kappa shape index (κ3) is 2.71. The Morgan fingerprint density at radius 3 is 2.78 bits per heavy atom. The lowest BCUT2D eigenvalue weighted by Gasteiger charge is -2.33. The maximum atomic E-state index is 12.6. The summed E-state index contributed by atoms with van der Waals surface area (Å²) >= 11 is 3.05. The van der Waals surface area contributed by atoms with Crippen molar-refractivity contribution in [2.24, 2.45) is 5.92 Å². The van der Waals surface area contributed by atoms with Gasteiger partial charge >= 0.3 is 6.18 Å². The van der Waals surface area contributed by atoms with Crippen molar-refractivity contribution in [2.45, 2.75) is 19.0 Å². The molecule has 0 N–H and O–H groups in total. The number of carbonyl (C=O) groups excluding carboxylic acids is 1. The number of nitrogens with zero attached hydrogens (tertiary/aromatic N) is 1. The molecular formula is C11H11BrF3NO2. The van der Waals surface area contributed by atoms with Crippen molar-refractivity contribution >= 4 is 21.8 Å². The third-order valence-electron chi connectivity index (χ3n) is 3.02. The molecule has 0 aliphatic carbocycles. The van der Waals surface area contributed by atoms with Crippen LogP contribution in [0.4, 0.5) is 13.2 Å². The van der Waals surface area contributed by atoms with Gasteiger partial charge in [0.2, 0.25) is 0 Å². The number of amides is 1. The van der Waals surface area contributed by atoms with E-state index < -0.39 is 18.0 Å². The van der Waals surface area contributed by atoms with Gasteiger partial charge in [0.1, 0.15) is 0 Å². The molecule has 1 unspecified atom stereocenters. The molecule has 1 saturated heterocycles. The van der Waals surface area contributed by atoms with E-state index in [2.05, 4.69) is 15.9 Å². The van der Waals surface area contributed by atoms with Crippen molar-refractivity contribution in [1.82, 2.24) is 4.90 Å². The van der Waals surface area contributed by atoms with Crippen LogP contribution in [0.3, 0.4) is 0 Å². The first-order valence-electron chi connectivity index (χ1n) is 5.48. The number of hydrogen-bond acceptors (Lipinski definition) is 2. The van der Waals surface area contributed by atoms with Gasteiger partial charge in [0.05, 0.1) is 17.7 Å². The average Bonchev–Trinajstić information content (AvgIpc) is 2.73. The molecule has 1 aliphatic heterocycles. The van der Waals surface area contributed by atoms with Gasteiger partial charge in [-0.15, -0.1) is 0 Å². The van der Waals surface area contributed by atoms with E-state index in [4.69, 9.17) is 4.42 Å². The van der Waals surface area contributed by atoms with Gasteiger partial charge in [-0.25, -0.2) is 0 Å². The molecule has 100 valence electrons. The van der Waals surface area contributed by atoms with Gasteiger partial charge in [-0.05, 0) is 34.8 Å². The maximum Gasteiger partial charge on any atom is 0.393 e. The fraction of sp³-hybridized carbons (Fsp3) is 0.545. The van der Waals surface area contributed by atoms with Gasteiger partial charge in [-0.1, -0.05) is 0 Å². The van der Waals surface area contributed by atoms with Crippen molar-refractivity contribution in [2.75, 3.05) is 13.1 Å². The van der Waals surface area contributed by atoms with E-state index in [0.29, 0.717) is 13.0 Å². The van der Waals surface area contributed by atoms with E-state index in [1.165, 1.54) is 17.2 Å². The molecule has 3 nitrogen and oxygen atoms in total. The van der Waals surface area contributed by atoms with Crippen LogP contribution in [0.1, 0.15) is 23.2 Å². The molecule has 0 radical (unpaired) electrons. The van der Waals surface area contributed by atoms with Crippen molar-refractivity contribution in [1.29, 1.82) is 0 Å². The number of furan rings is 1. The Morgan fingerprint density at radius 2 is 2.22 bits per heavy atom. The molecule has 1 aromatic heterocycles. The van der Waals surface area contributed by atoms with Crippen LogP contribution in [0.15, 0.2) is 21.4 Å². The number of piperidine rings is 1. The van der Waals surface area contributed by atoms with Crippen LogP contribution in [0.2, 0.25) is 0 Å². The number of halogens is 4. The highest BCUT2D eigenvalue weighted by atomic mass is 79.9. The van der Waals surface area contributed by atoms with Crippen molar-refractivity contribution in [3.8, 4) is 0 Å². The largest absolute Gasteiger partial charge is 0.457 e. The second-order valence-corrected chi connectivity index (χ2v) is 4.96. The van der Waals surface area contributed by atoms with E-state index in [1.54, 1.807) is 0 Å². The fourth-order valence-corrected chi connectivity index (χ4v) is 2.45. The average molecular weight is 326 g/mol. The number of carbonyl (C=O) groups is 1. The topological polar surface area (TPSA) is 33.5 Å². The highest BCUT2D eigenvalue weighted by Crippen LogP contribution is 2.34. The van der Waals surface area contributed by atoms with E-state index in [0.717, 1.165) is 0 Å². The molecule has 2 heterocycles. The summed E-state index contributed by atoms with van der Waals surface area (Å²) in [7, 11) is 0. The van der Waals surface area contributed by atoms with E-state index >= 15 is 0 Å². The highest BCUT2D eigenvalue weighted by molar-refractivity contribution is 9.10. The lowest BCUT2D eigenvalue weighted by Crippen LogP contribution is -2.44. The first-order valence-corrected chi connectivity index (χ1v) is 6.28. The lowest BCUT2D eigenvalue weighted by atomic mass is 9.97. The van der Waals surface area contributed by atoms with E-state index in [-0.39, 0.29) is 23.2 Å². The van der Waals surface area contributed by atoms with Crippen LogP contribution in [-0.2, 0) is 0 Å². The minimum Gasteiger partial charge on any atom is -0.457 e. The second-order valence-electron chi connectivity index (χ2n) is 4.24. The Morgan fingerprint density at radius 1 is 1.50 bits per heavy atom. The zero-order chi connectivity index (χ0) is 13.3. The van der Waals surface area contributed by atoms with Crippen LogP contribution in [0.5, 0.6) is 0 Å². The predicted octanol–water partition coefficient (Wildman–Crippen LogP) is 3.46. The molecule has 7 heteroatoms. The molecule has 1 amide bonds. The summed E-state index contributed by atoms with van der Waals surface area (Å²) in [6.45, 7) is 0.0724. The summed E-state index contributed by atoms with van der Waals surface area (Å²) in [5.41, 5.74) is 0.262. The van der Waals surface area contributed by atoms with Crippen LogP contribution in [-0.4, -0.2) is 30.1 Å². The molecule has 0 aromatic carbocycles. The van der Waals surface area contributed by atoms with E-state index in [1.807, 2.05) is 0 Å². The summed E-state index contributed by atoms with van der Waals surface area (Å²) in [6, 6.07) is 1.45. The lowest BCUT2D eigenvalue weighted by molar-refractivity contribution is -0.184. The number of rotatable bonds is 1. The highest BCUT2D eigenvalue weighted by Gasteiger charge is 2.43. The second kappa shape index (κ2) is 4.95. The summed E-state index contributed by atoms with van der Waals surface area (Å²) in [5.74, 6) is -1.86. The van der Waals surface area contributed by atoms with Crippen LogP contribution < -0.4 is 0 Å².